The molecule has 0 spiro atoms. The van der Waals surface area contributed by atoms with E-state index in [2.05, 4.69) is 15.2 Å². The summed E-state index contributed by atoms with van der Waals surface area (Å²) in [6.07, 6.45) is 1.65. The van der Waals surface area contributed by atoms with Crippen LogP contribution in [0, 0.1) is 18.6 Å². The molecule has 0 aliphatic heterocycles. The van der Waals surface area contributed by atoms with Crippen LogP contribution in [0.25, 0.3) is 5.69 Å². The molecule has 2 heterocycles. The average Bonchev–Trinajstić information content (AvgIpc) is 2.52. The molecule has 0 fully saturated rings. The van der Waals surface area contributed by atoms with Crippen LogP contribution in [0.5, 0.6) is 0 Å². The smallest absolute Gasteiger partial charge is 0.199 e. The molecule has 4 nitrogen and oxygen atoms in total. The molecule has 2 rings (SSSR count). The standard InChI is InChI=1S/C9H10N4S/c1-6-3-4-8(7(2)11-6)13-5-10-12-9(13)14/h3-5H,1-2H3,(H,12,14). The average molecular weight is 206 g/mol. The van der Waals surface area contributed by atoms with Crippen molar-refractivity contribution in [1.82, 2.24) is 19.7 Å². The summed E-state index contributed by atoms with van der Waals surface area (Å²) < 4.78 is 2.38. The molecular weight excluding hydrogens is 196 g/mol. The minimum atomic E-state index is 0.582. The maximum atomic E-state index is 5.08. The van der Waals surface area contributed by atoms with Gasteiger partial charge in [-0.3, -0.25) is 14.6 Å². The van der Waals surface area contributed by atoms with Gasteiger partial charge in [0, 0.05) is 5.69 Å². The Hall–Kier alpha value is -1.49. The predicted molar refractivity (Wildman–Crippen MR) is 56.0 cm³/mol. The Kier molecular flexibility index (Phi) is 2.17. The molecule has 0 saturated heterocycles. The molecule has 0 radical (unpaired) electrons. The van der Waals surface area contributed by atoms with Crippen molar-refractivity contribution < 1.29 is 0 Å². The highest BCUT2D eigenvalue weighted by atomic mass is 32.1. The van der Waals surface area contributed by atoms with Crippen LogP contribution in [-0.4, -0.2) is 19.7 Å². The molecule has 2 aromatic heterocycles. The molecule has 2 aromatic rings. The van der Waals surface area contributed by atoms with Gasteiger partial charge in [0.15, 0.2) is 4.77 Å². The molecule has 1 N–H and O–H groups in total. The van der Waals surface area contributed by atoms with Crippen LogP contribution in [0.1, 0.15) is 11.4 Å². The van der Waals surface area contributed by atoms with Gasteiger partial charge in [-0.1, -0.05) is 0 Å². The van der Waals surface area contributed by atoms with Gasteiger partial charge in [-0.05, 0) is 38.2 Å². The van der Waals surface area contributed by atoms with Gasteiger partial charge in [-0.2, -0.15) is 5.10 Å². The molecular formula is C9H10N4S. The van der Waals surface area contributed by atoms with Crippen molar-refractivity contribution in [2.75, 3.05) is 0 Å². The molecule has 0 amide bonds. The zero-order valence-corrected chi connectivity index (χ0v) is 8.80. The lowest BCUT2D eigenvalue weighted by molar-refractivity contribution is 0.976. The van der Waals surface area contributed by atoms with Crippen LogP contribution in [-0.2, 0) is 0 Å². The van der Waals surface area contributed by atoms with Crippen molar-refractivity contribution in [3.8, 4) is 5.69 Å². The van der Waals surface area contributed by atoms with Crippen LogP contribution in [0.2, 0.25) is 0 Å². The van der Waals surface area contributed by atoms with Gasteiger partial charge >= 0.3 is 0 Å². The number of nitrogens with zero attached hydrogens (tertiary/aromatic N) is 3. The Labute approximate surface area is 86.6 Å². The van der Waals surface area contributed by atoms with Crippen LogP contribution in [0.15, 0.2) is 18.5 Å². The Morgan fingerprint density at radius 2 is 2.14 bits per heavy atom. The van der Waals surface area contributed by atoms with Gasteiger partial charge in [-0.15, -0.1) is 0 Å². The monoisotopic (exact) mass is 206 g/mol. The minimum Gasteiger partial charge on any atom is -0.273 e. The minimum absolute atomic E-state index is 0.582. The fraction of sp³-hybridized carbons (Fsp3) is 0.222. The molecule has 5 heteroatoms. The second-order valence-corrected chi connectivity index (χ2v) is 3.48. The maximum absolute atomic E-state index is 5.08. The molecule has 72 valence electrons. The number of aromatic nitrogens is 4. The normalized spacial score (nSPS) is 10.4. The molecule has 0 saturated carbocycles. The lowest BCUT2D eigenvalue weighted by Gasteiger charge is -2.05. The summed E-state index contributed by atoms with van der Waals surface area (Å²) in [4.78, 5) is 4.36. The summed E-state index contributed by atoms with van der Waals surface area (Å²) in [6, 6.07) is 3.94. The SMILES string of the molecule is Cc1ccc(-n2cn[nH]c2=S)c(C)n1. The molecule has 14 heavy (non-hydrogen) atoms. The van der Waals surface area contributed by atoms with Gasteiger partial charge < -0.3 is 0 Å². The third-order valence-electron chi connectivity index (χ3n) is 2.01. The van der Waals surface area contributed by atoms with Crippen molar-refractivity contribution >= 4 is 12.2 Å². The van der Waals surface area contributed by atoms with Gasteiger partial charge in [0.1, 0.15) is 6.33 Å². The fourth-order valence-electron chi connectivity index (χ4n) is 1.35. The second kappa shape index (κ2) is 3.34. The van der Waals surface area contributed by atoms with Gasteiger partial charge in [-0.25, -0.2) is 0 Å². The summed E-state index contributed by atoms with van der Waals surface area (Å²) in [7, 11) is 0. The third-order valence-corrected chi connectivity index (χ3v) is 2.30. The summed E-state index contributed by atoms with van der Waals surface area (Å²) in [5, 5.41) is 6.58. The Morgan fingerprint density at radius 1 is 1.36 bits per heavy atom. The number of hydrogen-bond donors (Lipinski definition) is 1. The summed E-state index contributed by atoms with van der Waals surface area (Å²) >= 11 is 5.08. The van der Waals surface area contributed by atoms with E-state index in [-0.39, 0.29) is 0 Å². The molecule has 0 aliphatic carbocycles. The number of pyridine rings is 1. The molecule has 0 bridgehead atoms. The molecule has 0 aliphatic rings. The third kappa shape index (κ3) is 1.46. The van der Waals surface area contributed by atoms with E-state index >= 15 is 0 Å². The first-order valence-corrected chi connectivity index (χ1v) is 4.66. The predicted octanol–water partition coefficient (Wildman–Crippen LogP) is 1.94. The fourth-order valence-corrected chi connectivity index (χ4v) is 1.55. The van der Waals surface area contributed by atoms with Crippen molar-refractivity contribution in [3.63, 3.8) is 0 Å². The zero-order valence-electron chi connectivity index (χ0n) is 7.98. The lowest BCUT2D eigenvalue weighted by atomic mass is 10.3. The van der Waals surface area contributed by atoms with Crippen LogP contribution < -0.4 is 0 Å². The number of H-pyrrole nitrogens is 1. The second-order valence-electron chi connectivity index (χ2n) is 3.09. The van der Waals surface area contributed by atoms with E-state index < -0.39 is 0 Å². The number of nitrogens with one attached hydrogen (secondary N) is 1. The van der Waals surface area contributed by atoms with Crippen LogP contribution >= 0.6 is 12.2 Å². The highest BCUT2D eigenvalue weighted by Gasteiger charge is 2.03. The Morgan fingerprint density at radius 3 is 2.71 bits per heavy atom. The van der Waals surface area contributed by atoms with E-state index in [4.69, 9.17) is 12.2 Å². The van der Waals surface area contributed by atoms with Crippen molar-refractivity contribution in [2.24, 2.45) is 0 Å². The van der Waals surface area contributed by atoms with E-state index in [0.717, 1.165) is 17.1 Å². The summed E-state index contributed by atoms with van der Waals surface area (Å²) in [5.41, 5.74) is 2.91. The van der Waals surface area contributed by atoms with E-state index in [1.165, 1.54) is 0 Å². The van der Waals surface area contributed by atoms with Gasteiger partial charge in [0.05, 0.1) is 11.4 Å². The van der Waals surface area contributed by atoms with Crippen LogP contribution in [0.3, 0.4) is 0 Å². The first-order chi connectivity index (χ1) is 6.68. The van der Waals surface area contributed by atoms with E-state index in [1.54, 1.807) is 10.9 Å². The lowest BCUT2D eigenvalue weighted by Crippen LogP contribution is -1.98. The number of rotatable bonds is 1. The zero-order chi connectivity index (χ0) is 10.1. The van der Waals surface area contributed by atoms with Gasteiger partial charge in [0.2, 0.25) is 0 Å². The first kappa shape index (κ1) is 9.08. The highest BCUT2D eigenvalue weighted by Crippen LogP contribution is 2.11. The first-order valence-electron chi connectivity index (χ1n) is 4.25. The molecule has 0 unspecified atom stereocenters. The van der Waals surface area contributed by atoms with Crippen LogP contribution in [0.4, 0.5) is 0 Å². The number of aromatic amines is 1. The number of aryl methyl sites for hydroxylation is 2. The molecule has 0 aromatic carbocycles. The van der Waals surface area contributed by atoms with Gasteiger partial charge in [0.25, 0.3) is 0 Å². The maximum Gasteiger partial charge on any atom is 0.199 e. The Bertz CT molecular complexity index is 512. The number of hydrogen-bond acceptors (Lipinski definition) is 3. The van der Waals surface area contributed by atoms with E-state index in [9.17, 15) is 0 Å². The van der Waals surface area contributed by atoms with Crippen molar-refractivity contribution in [1.29, 1.82) is 0 Å². The van der Waals surface area contributed by atoms with E-state index in [0.29, 0.717) is 4.77 Å². The topological polar surface area (TPSA) is 46.5 Å². The quantitative estimate of drug-likeness (QED) is 0.725. The van der Waals surface area contributed by atoms with E-state index in [1.807, 2.05) is 26.0 Å². The highest BCUT2D eigenvalue weighted by molar-refractivity contribution is 7.71. The summed E-state index contributed by atoms with van der Waals surface area (Å²) in [5.74, 6) is 0. The summed E-state index contributed by atoms with van der Waals surface area (Å²) in [6.45, 7) is 3.92. The van der Waals surface area contributed by atoms with Crippen molar-refractivity contribution in [2.45, 2.75) is 13.8 Å². The Balaban J connectivity index is 2.63. The largest absolute Gasteiger partial charge is 0.273 e. The van der Waals surface area contributed by atoms with Crippen molar-refractivity contribution in [3.05, 3.63) is 34.6 Å². The molecule has 0 atom stereocenters.